The number of amides is 3. The van der Waals surface area contributed by atoms with Crippen LogP contribution in [-0.2, 0) is 27.1 Å². The van der Waals surface area contributed by atoms with Crippen LogP contribution in [0.1, 0.15) is 21.9 Å². The minimum absolute atomic E-state index is 0.202. The van der Waals surface area contributed by atoms with Crippen LogP contribution in [0.2, 0.25) is 0 Å². The first-order chi connectivity index (χ1) is 20.4. The number of imide groups is 1. The molecular weight excluding hydrogens is 674 g/mol. The highest BCUT2D eigenvalue weighted by Crippen LogP contribution is 2.54. The third kappa shape index (κ3) is 5.43. The minimum Gasteiger partial charge on any atom is -0.325 e. The smallest absolute Gasteiger partial charge is 0.325 e. The van der Waals surface area contributed by atoms with Gasteiger partial charge in [0.15, 0.2) is 0 Å². The molecule has 0 radical (unpaired) electrons. The second-order valence-corrected chi connectivity index (χ2v) is 12.9. The van der Waals surface area contributed by atoms with Gasteiger partial charge in [0.2, 0.25) is 17.7 Å². The molecule has 7 nitrogen and oxygen atoms in total. The summed E-state index contributed by atoms with van der Waals surface area (Å²) in [6.45, 7) is -0.420. The van der Waals surface area contributed by atoms with Crippen molar-refractivity contribution in [2.24, 2.45) is 5.92 Å². The van der Waals surface area contributed by atoms with Crippen LogP contribution in [0.15, 0.2) is 87.1 Å². The SMILES string of the molecule is O=C(Cn1c2c(sc1=O)[C@@H](c1cccc(Br)c1)[C@@H]1C(=O)N(c3cccc(C(F)(F)F)c3)C(=O)[C@@H]1S2)Nc1ccc(F)cc1. The summed E-state index contributed by atoms with van der Waals surface area (Å²) in [5.74, 6) is -4.26. The van der Waals surface area contributed by atoms with E-state index in [0.29, 0.717) is 25.6 Å². The Hall–Kier alpha value is -3.75. The van der Waals surface area contributed by atoms with Gasteiger partial charge in [-0.2, -0.15) is 13.2 Å². The van der Waals surface area contributed by atoms with Gasteiger partial charge < -0.3 is 5.32 Å². The molecule has 3 amide bonds. The fourth-order valence-corrected chi connectivity index (χ4v) is 8.46. The maximum absolute atomic E-state index is 13.9. The van der Waals surface area contributed by atoms with Gasteiger partial charge >= 0.3 is 11.0 Å². The highest BCUT2D eigenvalue weighted by molar-refractivity contribution is 9.10. The highest BCUT2D eigenvalue weighted by atomic mass is 79.9. The number of carbonyl (C=O) groups excluding carboxylic acids is 3. The summed E-state index contributed by atoms with van der Waals surface area (Å²) in [6, 6.07) is 16.1. The van der Waals surface area contributed by atoms with E-state index in [1.165, 1.54) is 34.9 Å². The molecule has 220 valence electrons. The Labute approximate surface area is 257 Å². The molecule has 0 aliphatic carbocycles. The van der Waals surface area contributed by atoms with Crippen LogP contribution < -0.4 is 15.1 Å². The summed E-state index contributed by atoms with van der Waals surface area (Å²) in [5.41, 5.74) is -0.275. The number of nitrogens with one attached hydrogen (secondary N) is 1. The zero-order valence-corrected chi connectivity index (χ0v) is 24.8. The van der Waals surface area contributed by atoms with Crippen molar-refractivity contribution in [3.8, 4) is 0 Å². The molecule has 3 aromatic carbocycles. The van der Waals surface area contributed by atoms with Crippen LogP contribution >= 0.6 is 39.0 Å². The zero-order chi connectivity index (χ0) is 30.6. The number of nitrogens with zero attached hydrogens (tertiary/aromatic N) is 2. The fourth-order valence-electron chi connectivity index (χ4n) is 5.27. The molecule has 43 heavy (non-hydrogen) atoms. The molecule has 2 aliphatic rings. The zero-order valence-electron chi connectivity index (χ0n) is 21.6. The number of rotatable bonds is 5. The summed E-state index contributed by atoms with van der Waals surface area (Å²) < 4.78 is 55.6. The number of thiazole rings is 1. The largest absolute Gasteiger partial charge is 0.416 e. The number of hydrogen-bond donors (Lipinski definition) is 1. The quantitative estimate of drug-likeness (QED) is 0.197. The van der Waals surface area contributed by atoms with Gasteiger partial charge in [-0.3, -0.25) is 23.7 Å². The maximum atomic E-state index is 13.9. The molecule has 4 aromatic rings. The molecule has 6 rings (SSSR count). The summed E-state index contributed by atoms with van der Waals surface area (Å²) >= 11 is 5.21. The molecule has 0 spiro atoms. The van der Waals surface area contributed by atoms with E-state index in [4.69, 9.17) is 0 Å². The van der Waals surface area contributed by atoms with Crippen LogP contribution in [0.4, 0.5) is 28.9 Å². The van der Waals surface area contributed by atoms with Crippen LogP contribution in [0.25, 0.3) is 0 Å². The number of halogens is 5. The monoisotopic (exact) mass is 691 g/mol. The van der Waals surface area contributed by atoms with Crippen LogP contribution in [0.3, 0.4) is 0 Å². The third-order valence-electron chi connectivity index (χ3n) is 7.12. The van der Waals surface area contributed by atoms with E-state index in [9.17, 15) is 36.7 Å². The van der Waals surface area contributed by atoms with E-state index in [1.807, 2.05) is 0 Å². The Morgan fingerprint density at radius 2 is 1.67 bits per heavy atom. The van der Waals surface area contributed by atoms with E-state index >= 15 is 0 Å². The first kappa shape index (κ1) is 29.3. The van der Waals surface area contributed by atoms with Crippen molar-refractivity contribution < 1.29 is 31.9 Å². The molecule has 1 N–H and O–H groups in total. The highest BCUT2D eigenvalue weighted by Gasteiger charge is 2.57. The molecule has 3 heterocycles. The number of benzene rings is 3. The van der Waals surface area contributed by atoms with Crippen molar-refractivity contribution >= 4 is 68.1 Å². The first-order valence-electron chi connectivity index (χ1n) is 12.7. The second kappa shape index (κ2) is 11.1. The van der Waals surface area contributed by atoms with E-state index in [1.54, 1.807) is 24.3 Å². The molecule has 0 unspecified atom stereocenters. The predicted molar refractivity (Wildman–Crippen MR) is 157 cm³/mol. The van der Waals surface area contributed by atoms with Gasteiger partial charge in [-0.15, -0.1) is 0 Å². The van der Waals surface area contributed by atoms with Crippen molar-refractivity contribution in [3.05, 3.63) is 109 Å². The average Bonchev–Trinajstić information content (AvgIpc) is 3.40. The molecule has 2 aliphatic heterocycles. The number of carbonyl (C=O) groups is 3. The average molecular weight is 693 g/mol. The van der Waals surface area contributed by atoms with E-state index in [-0.39, 0.29) is 5.69 Å². The number of hydrogen-bond acceptors (Lipinski definition) is 6. The summed E-state index contributed by atoms with van der Waals surface area (Å²) in [5, 5.41) is 1.85. The van der Waals surface area contributed by atoms with Gasteiger partial charge in [0.05, 0.1) is 22.2 Å². The maximum Gasteiger partial charge on any atom is 0.416 e. The lowest BCUT2D eigenvalue weighted by molar-refractivity contribution is -0.137. The molecule has 3 atom stereocenters. The Kier molecular flexibility index (Phi) is 7.55. The minimum atomic E-state index is -4.68. The summed E-state index contributed by atoms with van der Waals surface area (Å²) in [6.07, 6.45) is -4.68. The van der Waals surface area contributed by atoms with Crippen LogP contribution in [0.5, 0.6) is 0 Å². The summed E-state index contributed by atoms with van der Waals surface area (Å²) in [4.78, 5) is 54.6. The van der Waals surface area contributed by atoms with Gasteiger partial charge in [-0.25, -0.2) is 9.29 Å². The Morgan fingerprint density at radius 3 is 2.37 bits per heavy atom. The Morgan fingerprint density at radius 1 is 0.953 bits per heavy atom. The molecule has 0 bridgehead atoms. The van der Waals surface area contributed by atoms with E-state index < -0.39 is 63.8 Å². The predicted octanol–water partition coefficient (Wildman–Crippen LogP) is 6.26. The van der Waals surface area contributed by atoms with Crippen LogP contribution in [0, 0.1) is 11.7 Å². The molecule has 1 fully saturated rings. The lowest BCUT2D eigenvalue weighted by Crippen LogP contribution is -2.33. The molecule has 0 saturated carbocycles. The van der Waals surface area contributed by atoms with Crippen molar-refractivity contribution in [1.82, 2.24) is 4.57 Å². The van der Waals surface area contributed by atoms with Gasteiger partial charge in [0, 0.05) is 21.0 Å². The molecular formula is C29H18BrF4N3O4S2. The normalized spacial score (nSPS) is 19.7. The van der Waals surface area contributed by atoms with Gasteiger partial charge in [-0.1, -0.05) is 57.2 Å². The lowest BCUT2D eigenvalue weighted by atomic mass is 9.83. The number of alkyl halides is 3. The Bertz CT molecular complexity index is 1840. The van der Waals surface area contributed by atoms with Gasteiger partial charge in [0.1, 0.15) is 17.6 Å². The van der Waals surface area contributed by atoms with Crippen molar-refractivity contribution in [2.45, 2.75) is 28.9 Å². The van der Waals surface area contributed by atoms with Crippen molar-refractivity contribution in [2.75, 3.05) is 10.2 Å². The number of thioether (sulfide) groups is 1. The standard InChI is InChI=1S/C29H18BrF4N3O4S2/c30-16-5-1-3-14(11-16)21-22-23(26(40)37(25(22)39)19-6-2-4-15(12-19)29(32,33)34)42-27-24(21)43-28(41)36(27)13-20(38)35-18-9-7-17(31)8-10-18/h1-12,21-23H,13H2,(H,35,38)/t21-,22-,23+/m0/s1. The Balaban J connectivity index is 1.41. The summed E-state index contributed by atoms with van der Waals surface area (Å²) in [7, 11) is 0. The van der Waals surface area contributed by atoms with Gasteiger partial charge in [0.25, 0.3) is 0 Å². The first-order valence-corrected chi connectivity index (χ1v) is 15.2. The lowest BCUT2D eigenvalue weighted by Gasteiger charge is -2.30. The van der Waals surface area contributed by atoms with Crippen molar-refractivity contribution in [3.63, 3.8) is 0 Å². The molecule has 1 saturated heterocycles. The van der Waals surface area contributed by atoms with Crippen molar-refractivity contribution in [1.29, 1.82) is 0 Å². The van der Waals surface area contributed by atoms with Gasteiger partial charge in [-0.05, 0) is 60.2 Å². The van der Waals surface area contributed by atoms with E-state index in [0.717, 1.165) is 46.2 Å². The molecule has 1 aromatic heterocycles. The van der Waals surface area contributed by atoms with E-state index in [2.05, 4.69) is 21.2 Å². The van der Waals surface area contributed by atoms with Crippen LogP contribution in [-0.4, -0.2) is 27.5 Å². The second-order valence-electron chi connectivity index (χ2n) is 9.84. The number of anilines is 2. The number of fused-ring (bicyclic) bond motifs is 2. The topological polar surface area (TPSA) is 88.5 Å². The molecule has 14 heteroatoms. The third-order valence-corrected chi connectivity index (χ3v) is 10.2. The fraction of sp³-hybridized carbons (Fsp3) is 0.172. The number of aromatic nitrogens is 1.